The highest BCUT2D eigenvalue weighted by Crippen LogP contribution is 2.42. The van der Waals surface area contributed by atoms with E-state index in [0.29, 0.717) is 5.25 Å². The van der Waals surface area contributed by atoms with E-state index >= 15 is 0 Å². The molecule has 2 heteroatoms. The van der Waals surface area contributed by atoms with Crippen LogP contribution < -0.4 is 0 Å². The molecule has 1 aliphatic heterocycles. The first kappa shape index (κ1) is 10.1. The Morgan fingerprint density at radius 3 is 2.86 bits per heavy atom. The quantitative estimate of drug-likeness (QED) is 0.765. The highest BCUT2D eigenvalue weighted by atomic mass is 32.2. The summed E-state index contributed by atoms with van der Waals surface area (Å²) >= 11 is 1.85. The molecule has 1 aromatic carbocycles. The number of hydrogen-bond donors (Lipinski definition) is 1. The molecule has 76 valence electrons. The molecule has 1 aliphatic rings. The third kappa shape index (κ3) is 1.57. The van der Waals surface area contributed by atoms with E-state index in [2.05, 4.69) is 26.0 Å². The Balaban J connectivity index is 2.38. The average molecular weight is 208 g/mol. The van der Waals surface area contributed by atoms with E-state index in [0.717, 1.165) is 17.7 Å². The van der Waals surface area contributed by atoms with E-state index in [1.54, 1.807) is 0 Å². The summed E-state index contributed by atoms with van der Waals surface area (Å²) < 4.78 is 0. The van der Waals surface area contributed by atoms with Crippen molar-refractivity contribution < 1.29 is 5.11 Å². The van der Waals surface area contributed by atoms with Gasteiger partial charge in [0.05, 0.1) is 0 Å². The van der Waals surface area contributed by atoms with Crippen molar-refractivity contribution in [3.63, 3.8) is 0 Å². The Kier molecular flexibility index (Phi) is 2.58. The van der Waals surface area contributed by atoms with Gasteiger partial charge in [0.15, 0.2) is 0 Å². The molecule has 1 saturated heterocycles. The van der Waals surface area contributed by atoms with Gasteiger partial charge in [0.2, 0.25) is 0 Å². The van der Waals surface area contributed by atoms with Gasteiger partial charge in [-0.15, -0.1) is 0 Å². The molecule has 0 bridgehead atoms. The van der Waals surface area contributed by atoms with E-state index in [4.69, 9.17) is 0 Å². The van der Waals surface area contributed by atoms with Gasteiger partial charge in [0, 0.05) is 5.25 Å². The molecule has 0 unspecified atom stereocenters. The second-order valence-corrected chi connectivity index (χ2v) is 5.51. The van der Waals surface area contributed by atoms with Crippen molar-refractivity contribution in [2.24, 2.45) is 0 Å². The van der Waals surface area contributed by atoms with Crippen LogP contribution in [0.1, 0.15) is 24.5 Å². The molecule has 1 nitrogen and oxygen atoms in total. The van der Waals surface area contributed by atoms with E-state index in [1.807, 2.05) is 23.9 Å². The maximum atomic E-state index is 10.5. The maximum absolute atomic E-state index is 10.5. The van der Waals surface area contributed by atoms with E-state index < -0.39 is 5.60 Å². The molecule has 0 saturated carbocycles. The molecular weight excluding hydrogens is 192 g/mol. The lowest BCUT2D eigenvalue weighted by molar-refractivity contribution is 0.0426. The summed E-state index contributed by atoms with van der Waals surface area (Å²) in [4.78, 5) is 0. The molecule has 1 N–H and O–H groups in total. The molecule has 0 aromatic heterocycles. The van der Waals surface area contributed by atoms with Gasteiger partial charge >= 0.3 is 0 Å². The Bertz CT molecular complexity index is 337. The fraction of sp³-hybridized carbons (Fsp3) is 0.500. The van der Waals surface area contributed by atoms with Crippen LogP contribution in [-0.2, 0) is 5.60 Å². The van der Waals surface area contributed by atoms with Crippen LogP contribution in [0.15, 0.2) is 24.3 Å². The third-order valence-electron chi connectivity index (χ3n) is 3.04. The predicted molar refractivity (Wildman–Crippen MR) is 61.6 cm³/mol. The molecule has 2 atom stereocenters. The highest BCUT2D eigenvalue weighted by molar-refractivity contribution is 8.00. The largest absolute Gasteiger partial charge is 0.384 e. The van der Waals surface area contributed by atoms with E-state index in [1.165, 1.54) is 5.56 Å². The van der Waals surface area contributed by atoms with Gasteiger partial charge < -0.3 is 5.11 Å². The van der Waals surface area contributed by atoms with Crippen LogP contribution in [0, 0.1) is 6.92 Å². The van der Waals surface area contributed by atoms with Crippen molar-refractivity contribution in [1.82, 2.24) is 0 Å². The number of rotatable bonds is 1. The number of benzene rings is 1. The summed E-state index contributed by atoms with van der Waals surface area (Å²) in [6.45, 7) is 4.18. The molecule has 0 radical (unpaired) electrons. The minimum absolute atomic E-state index is 0.310. The molecular formula is C12H16OS. The lowest BCUT2D eigenvalue weighted by atomic mass is 9.88. The summed E-state index contributed by atoms with van der Waals surface area (Å²) in [7, 11) is 0. The molecule has 2 rings (SSSR count). The minimum atomic E-state index is -0.601. The van der Waals surface area contributed by atoms with Gasteiger partial charge in [-0.2, -0.15) is 11.8 Å². The van der Waals surface area contributed by atoms with Crippen molar-refractivity contribution in [1.29, 1.82) is 0 Å². The summed E-state index contributed by atoms with van der Waals surface area (Å²) in [5, 5.41) is 10.8. The first-order chi connectivity index (χ1) is 6.63. The topological polar surface area (TPSA) is 20.2 Å². The molecule has 0 aliphatic carbocycles. The Morgan fingerprint density at radius 2 is 2.29 bits per heavy atom. The van der Waals surface area contributed by atoms with Crippen molar-refractivity contribution >= 4 is 11.8 Å². The minimum Gasteiger partial charge on any atom is -0.384 e. The molecule has 14 heavy (non-hydrogen) atoms. The zero-order valence-electron chi connectivity index (χ0n) is 8.66. The van der Waals surface area contributed by atoms with Crippen LogP contribution in [0.5, 0.6) is 0 Å². The van der Waals surface area contributed by atoms with Crippen LogP contribution in [-0.4, -0.2) is 16.1 Å². The standard InChI is InChI=1S/C12H16OS/c1-9-4-3-5-11(8-9)12(13)6-7-14-10(12)2/h3-5,8,10,13H,6-7H2,1-2H3/t10-,12-/m1/s1. The fourth-order valence-electron chi connectivity index (χ4n) is 2.03. The lowest BCUT2D eigenvalue weighted by Gasteiger charge is -2.27. The van der Waals surface area contributed by atoms with Crippen molar-refractivity contribution in [2.75, 3.05) is 5.75 Å². The maximum Gasteiger partial charge on any atom is 0.102 e. The molecule has 1 aromatic rings. The fourth-order valence-corrected chi connectivity index (χ4v) is 3.34. The van der Waals surface area contributed by atoms with Crippen LogP contribution in [0.4, 0.5) is 0 Å². The SMILES string of the molecule is Cc1cccc([C@@]2(O)CCS[C@@H]2C)c1. The molecule has 1 fully saturated rings. The van der Waals surface area contributed by atoms with Gasteiger partial charge in [-0.1, -0.05) is 36.8 Å². The molecule has 1 heterocycles. The predicted octanol–water partition coefficient (Wildman–Crippen LogP) is 2.71. The second-order valence-electron chi connectivity index (χ2n) is 4.06. The van der Waals surface area contributed by atoms with Crippen LogP contribution >= 0.6 is 11.8 Å². The Hall–Kier alpha value is -0.470. The smallest absolute Gasteiger partial charge is 0.102 e. The van der Waals surface area contributed by atoms with E-state index in [-0.39, 0.29) is 0 Å². The molecule has 0 spiro atoms. The van der Waals surface area contributed by atoms with Crippen molar-refractivity contribution in [3.8, 4) is 0 Å². The normalized spacial score (nSPS) is 32.1. The second kappa shape index (κ2) is 3.59. The number of aryl methyl sites for hydroxylation is 1. The number of aliphatic hydroxyl groups is 1. The molecule has 0 amide bonds. The van der Waals surface area contributed by atoms with Gasteiger partial charge in [0.25, 0.3) is 0 Å². The zero-order chi connectivity index (χ0) is 10.2. The third-order valence-corrected chi connectivity index (χ3v) is 4.37. The summed E-state index contributed by atoms with van der Waals surface area (Å²) in [6, 6.07) is 8.23. The van der Waals surface area contributed by atoms with Crippen LogP contribution in [0.25, 0.3) is 0 Å². The first-order valence-corrected chi connectivity index (χ1v) is 6.09. The van der Waals surface area contributed by atoms with Crippen molar-refractivity contribution in [3.05, 3.63) is 35.4 Å². The van der Waals surface area contributed by atoms with Crippen molar-refractivity contribution in [2.45, 2.75) is 31.1 Å². The first-order valence-electron chi connectivity index (χ1n) is 5.04. The van der Waals surface area contributed by atoms with Gasteiger partial charge in [-0.3, -0.25) is 0 Å². The van der Waals surface area contributed by atoms with Gasteiger partial charge in [0.1, 0.15) is 5.60 Å². The van der Waals surface area contributed by atoms with Crippen LogP contribution in [0.2, 0.25) is 0 Å². The summed E-state index contributed by atoms with van der Waals surface area (Å²) in [6.07, 6.45) is 0.877. The summed E-state index contributed by atoms with van der Waals surface area (Å²) in [5.74, 6) is 1.06. The Morgan fingerprint density at radius 1 is 1.50 bits per heavy atom. The van der Waals surface area contributed by atoms with Gasteiger partial charge in [-0.25, -0.2) is 0 Å². The van der Waals surface area contributed by atoms with Crippen LogP contribution in [0.3, 0.4) is 0 Å². The van der Waals surface area contributed by atoms with Gasteiger partial charge in [-0.05, 0) is 24.7 Å². The lowest BCUT2D eigenvalue weighted by Crippen LogP contribution is -2.31. The Labute approximate surface area is 89.5 Å². The van der Waals surface area contributed by atoms with E-state index in [9.17, 15) is 5.11 Å². The number of thioether (sulfide) groups is 1. The summed E-state index contributed by atoms with van der Waals surface area (Å²) in [5.41, 5.74) is 1.70. The average Bonchev–Trinajstić information content (AvgIpc) is 2.49. The number of hydrogen-bond acceptors (Lipinski definition) is 2. The zero-order valence-corrected chi connectivity index (χ0v) is 9.47. The monoisotopic (exact) mass is 208 g/mol. The highest BCUT2D eigenvalue weighted by Gasteiger charge is 2.40.